The zero-order valence-corrected chi connectivity index (χ0v) is 15.7. The van der Waals surface area contributed by atoms with E-state index in [-0.39, 0.29) is 18.1 Å². The number of sulfone groups is 1. The van der Waals surface area contributed by atoms with Crippen LogP contribution in [0.4, 0.5) is 5.69 Å². The maximum Gasteiger partial charge on any atom is 0.225 e. The Morgan fingerprint density at radius 1 is 1.26 bits per heavy atom. The minimum Gasteiger partial charge on any atom is -0.323 e. The molecule has 142 valence electrons. The lowest BCUT2D eigenvalue weighted by molar-refractivity contribution is -0.115. The third kappa shape index (κ3) is 7.88. The summed E-state index contributed by atoms with van der Waals surface area (Å²) in [6.07, 6.45) is 6.73. The van der Waals surface area contributed by atoms with E-state index in [1.807, 2.05) is 18.2 Å². The Morgan fingerprint density at radius 2 is 2.04 bits per heavy atom. The van der Waals surface area contributed by atoms with Gasteiger partial charge in [0.2, 0.25) is 5.91 Å². The lowest BCUT2D eigenvalue weighted by atomic mass is 10.2. The van der Waals surface area contributed by atoms with Crippen molar-refractivity contribution in [2.24, 2.45) is 0 Å². The average molecular weight is 386 g/mol. The van der Waals surface area contributed by atoms with E-state index in [0.29, 0.717) is 18.7 Å². The molecule has 0 radical (unpaired) electrons. The second kappa shape index (κ2) is 10.3. The zero-order chi connectivity index (χ0) is 19.5. The Hall–Kier alpha value is -2.92. The van der Waals surface area contributed by atoms with Gasteiger partial charge in [0, 0.05) is 31.0 Å². The van der Waals surface area contributed by atoms with Gasteiger partial charge < -0.3 is 5.32 Å². The number of carbonyl (C=O) groups is 1. The molecule has 0 fully saturated rings. The zero-order valence-electron chi connectivity index (χ0n) is 14.9. The van der Waals surface area contributed by atoms with Crippen molar-refractivity contribution in [2.75, 3.05) is 11.1 Å². The Labute approximate surface area is 159 Å². The predicted octanol–water partition coefficient (Wildman–Crippen LogP) is 2.99. The minimum absolute atomic E-state index is 0.130. The number of hydrogen-bond donors (Lipinski definition) is 1. The predicted molar refractivity (Wildman–Crippen MR) is 104 cm³/mol. The smallest absolute Gasteiger partial charge is 0.225 e. The molecular formula is C19H22N4O3S. The van der Waals surface area contributed by atoms with Gasteiger partial charge in [-0.15, -0.1) is 0 Å². The molecule has 0 unspecified atom stereocenters. The summed E-state index contributed by atoms with van der Waals surface area (Å²) in [5.74, 6) is -0.638. The number of anilines is 1. The van der Waals surface area contributed by atoms with Crippen LogP contribution in [-0.4, -0.2) is 29.9 Å². The van der Waals surface area contributed by atoms with Crippen molar-refractivity contribution >= 4 is 27.5 Å². The molecule has 0 saturated carbocycles. The number of nitrogens with one attached hydrogen (secondary N) is 1. The van der Waals surface area contributed by atoms with Crippen LogP contribution >= 0.6 is 0 Å². The maximum atomic E-state index is 12.0. The summed E-state index contributed by atoms with van der Waals surface area (Å²) in [4.78, 5) is 12.0. The number of aryl methyl sites for hydroxylation is 1. The number of rotatable bonds is 10. The molecule has 0 bridgehead atoms. The van der Waals surface area contributed by atoms with Gasteiger partial charge in [0.05, 0.1) is 23.7 Å². The maximum absolute atomic E-state index is 12.0. The normalized spacial score (nSPS) is 11.4. The highest BCUT2D eigenvalue weighted by Crippen LogP contribution is 2.09. The van der Waals surface area contributed by atoms with Gasteiger partial charge in [-0.1, -0.05) is 30.3 Å². The molecule has 0 saturated heterocycles. The largest absolute Gasteiger partial charge is 0.323 e. The standard InChI is InChI=1S/C19H22N4O3S/c20-11-5-2-6-12-23-16-18(15-21-23)22-19(24)10-14-27(25,26)13-9-17-7-3-1-4-8-17/h1,3-4,7-9,13,15-16H,2,5-6,10,12,14H2,(H,22,24). The van der Waals surface area contributed by atoms with Crippen molar-refractivity contribution < 1.29 is 13.2 Å². The molecule has 1 amide bonds. The molecule has 0 aliphatic rings. The van der Waals surface area contributed by atoms with E-state index in [0.717, 1.165) is 23.8 Å². The van der Waals surface area contributed by atoms with Crippen molar-refractivity contribution in [3.05, 3.63) is 53.7 Å². The number of aromatic nitrogens is 2. The molecule has 27 heavy (non-hydrogen) atoms. The minimum atomic E-state index is -3.47. The molecule has 0 aliphatic carbocycles. The van der Waals surface area contributed by atoms with Crippen LogP contribution in [0.15, 0.2) is 48.1 Å². The molecule has 1 N–H and O–H groups in total. The van der Waals surface area contributed by atoms with Gasteiger partial charge >= 0.3 is 0 Å². The van der Waals surface area contributed by atoms with Gasteiger partial charge in [0.1, 0.15) is 0 Å². The lowest BCUT2D eigenvalue weighted by Gasteiger charge is -2.02. The molecular weight excluding hydrogens is 364 g/mol. The summed E-state index contributed by atoms with van der Waals surface area (Å²) < 4.78 is 25.7. The fourth-order valence-electron chi connectivity index (χ4n) is 2.30. The summed E-state index contributed by atoms with van der Waals surface area (Å²) in [6.45, 7) is 0.663. The van der Waals surface area contributed by atoms with Crippen LogP contribution in [0.3, 0.4) is 0 Å². The SMILES string of the molecule is N#CCCCCn1cc(NC(=O)CCS(=O)(=O)C=Cc2ccccc2)cn1. The van der Waals surface area contributed by atoms with E-state index in [4.69, 9.17) is 5.26 Å². The highest BCUT2D eigenvalue weighted by atomic mass is 32.2. The summed E-state index contributed by atoms with van der Waals surface area (Å²) in [5, 5.41) is 16.4. The topological polar surface area (TPSA) is 105 Å². The van der Waals surface area contributed by atoms with Gasteiger partial charge in [-0.2, -0.15) is 10.4 Å². The monoisotopic (exact) mass is 386 g/mol. The van der Waals surface area contributed by atoms with E-state index in [1.54, 1.807) is 23.0 Å². The molecule has 8 heteroatoms. The first-order valence-electron chi connectivity index (χ1n) is 8.64. The molecule has 0 aliphatic heterocycles. The first-order chi connectivity index (χ1) is 13.0. The number of benzene rings is 1. The lowest BCUT2D eigenvalue weighted by Crippen LogP contribution is -2.16. The number of carbonyl (C=O) groups excluding carboxylic acids is 1. The fraction of sp³-hybridized carbons (Fsp3) is 0.316. The molecule has 2 rings (SSSR count). The summed E-state index contributed by atoms with van der Waals surface area (Å²) in [6, 6.07) is 11.2. The fourth-order valence-corrected chi connectivity index (χ4v) is 3.27. The van der Waals surface area contributed by atoms with Crippen molar-refractivity contribution in [2.45, 2.75) is 32.2 Å². The highest BCUT2D eigenvalue weighted by molar-refractivity contribution is 7.94. The first kappa shape index (κ1) is 20.4. The third-order valence-corrected chi connectivity index (χ3v) is 5.05. The summed E-state index contributed by atoms with van der Waals surface area (Å²) in [7, 11) is -3.47. The summed E-state index contributed by atoms with van der Waals surface area (Å²) >= 11 is 0. The van der Waals surface area contributed by atoms with Gasteiger partial charge in [0.25, 0.3) is 0 Å². The van der Waals surface area contributed by atoms with Crippen LogP contribution in [0.1, 0.15) is 31.2 Å². The number of nitrogens with zero attached hydrogens (tertiary/aromatic N) is 3. The Morgan fingerprint density at radius 3 is 2.78 bits per heavy atom. The van der Waals surface area contributed by atoms with Crippen LogP contribution in [0.5, 0.6) is 0 Å². The second-order valence-corrected chi connectivity index (χ2v) is 7.99. The van der Waals surface area contributed by atoms with Gasteiger partial charge in [-0.05, 0) is 24.5 Å². The van der Waals surface area contributed by atoms with E-state index >= 15 is 0 Å². The molecule has 0 spiro atoms. The number of amides is 1. The molecule has 2 aromatic rings. The Kier molecular flexibility index (Phi) is 7.77. The Balaban J connectivity index is 1.78. The van der Waals surface area contributed by atoms with Crippen LogP contribution < -0.4 is 5.32 Å². The van der Waals surface area contributed by atoms with Crippen molar-refractivity contribution in [1.29, 1.82) is 5.26 Å². The van der Waals surface area contributed by atoms with Crippen LogP contribution in [-0.2, 0) is 21.2 Å². The first-order valence-corrected chi connectivity index (χ1v) is 10.4. The summed E-state index contributed by atoms with van der Waals surface area (Å²) in [5.41, 5.74) is 1.31. The van der Waals surface area contributed by atoms with Crippen molar-refractivity contribution in [3.8, 4) is 6.07 Å². The van der Waals surface area contributed by atoms with Crippen molar-refractivity contribution in [3.63, 3.8) is 0 Å². The van der Waals surface area contributed by atoms with Crippen LogP contribution in [0, 0.1) is 11.3 Å². The number of nitriles is 1. The van der Waals surface area contributed by atoms with Gasteiger partial charge in [-0.25, -0.2) is 8.42 Å². The molecule has 0 atom stereocenters. The second-order valence-electron chi connectivity index (χ2n) is 5.99. The average Bonchev–Trinajstić information content (AvgIpc) is 3.10. The van der Waals surface area contributed by atoms with Gasteiger partial charge in [0.15, 0.2) is 9.84 Å². The van der Waals surface area contributed by atoms with E-state index in [1.165, 1.54) is 12.3 Å². The molecule has 1 aromatic heterocycles. The molecule has 1 heterocycles. The van der Waals surface area contributed by atoms with Gasteiger partial charge in [-0.3, -0.25) is 9.48 Å². The van der Waals surface area contributed by atoms with E-state index < -0.39 is 9.84 Å². The van der Waals surface area contributed by atoms with Crippen LogP contribution in [0.2, 0.25) is 0 Å². The molecule has 1 aromatic carbocycles. The Bertz CT molecular complexity index is 912. The number of hydrogen-bond acceptors (Lipinski definition) is 5. The highest BCUT2D eigenvalue weighted by Gasteiger charge is 2.11. The van der Waals surface area contributed by atoms with Crippen molar-refractivity contribution in [1.82, 2.24) is 9.78 Å². The van der Waals surface area contributed by atoms with E-state index in [9.17, 15) is 13.2 Å². The quantitative estimate of drug-likeness (QED) is 0.632. The third-order valence-electron chi connectivity index (χ3n) is 3.72. The van der Waals surface area contributed by atoms with E-state index in [2.05, 4.69) is 16.5 Å². The van der Waals surface area contributed by atoms with Crippen LogP contribution in [0.25, 0.3) is 6.08 Å². The molecule has 7 nitrogen and oxygen atoms in total. The number of unbranched alkanes of at least 4 members (excludes halogenated alkanes) is 2.